The van der Waals surface area contributed by atoms with Crippen molar-refractivity contribution in [2.45, 2.75) is 19.7 Å². The van der Waals surface area contributed by atoms with Gasteiger partial charge in [0.1, 0.15) is 5.75 Å². The molecule has 0 N–H and O–H groups in total. The fourth-order valence-corrected chi connectivity index (χ4v) is 2.71. The quantitative estimate of drug-likeness (QED) is 0.660. The molecule has 19 heavy (non-hydrogen) atoms. The second-order valence-corrected chi connectivity index (χ2v) is 5.84. The first-order valence-corrected chi connectivity index (χ1v) is 7.37. The summed E-state index contributed by atoms with van der Waals surface area (Å²) >= 11 is 15.3. The van der Waals surface area contributed by atoms with Gasteiger partial charge < -0.3 is 4.74 Å². The molecule has 0 aliphatic carbocycles. The molecule has 0 unspecified atom stereocenters. The summed E-state index contributed by atoms with van der Waals surface area (Å²) in [6.45, 7) is 3.90. The minimum Gasteiger partial charge on any atom is -0.438 e. The van der Waals surface area contributed by atoms with Gasteiger partial charge in [0.05, 0.1) is 5.88 Å². The lowest BCUT2D eigenvalue weighted by Crippen LogP contribution is -1.96. The van der Waals surface area contributed by atoms with Crippen LogP contribution in [-0.4, -0.2) is 4.98 Å². The monoisotopic (exact) mass is 359 g/mol. The molecule has 0 saturated carbocycles. The molecule has 1 aromatic heterocycles. The molecule has 100 valence electrons. The van der Waals surface area contributed by atoms with Gasteiger partial charge in [-0.05, 0) is 59.1 Å². The van der Waals surface area contributed by atoms with Gasteiger partial charge in [-0.15, -0.1) is 11.6 Å². The number of rotatable bonds is 3. The molecule has 1 heterocycles. The number of nitrogens with zero attached hydrogens (tertiary/aromatic N) is 1. The Morgan fingerprint density at radius 1 is 1.21 bits per heavy atom. The third-order valence-electron chi connectivity index (χ3n) is 2.66. The number of halogens is 3. The minimum atomic E-state index is 0.341. The number of pyridine rings is 1. The van der Waals surface area contributed by atoms with Crippen LogP contribution in [0.3, 0.4) is 0 Å². The second-order valence-electron chi connectivity index (χ2n) is 4.22. The molecule has 0 amide bonds. The number of ether oxygens (including phenoxy) is 1. The number of benzene rings is 1. The predicted octanol–water partition coefficient (Wildman–Crippen LogP) is 5.65. The maximum absolute atomic E-state index is 6.01. The Morgan fingerprint density at radius 2 is 1.84 bits per heavy atom. The molecule has 5 heteroatoms. The summed E-state index contributed by atoms with van der Waals surface area (Å²) < 4.78 is 6.77. The lowest BCUT2D eigenvalue weighted by molar-refractivity contribution is 0.451. The van der Waals surface area contributed by atoms with E-state index in [1.165, 1.54) is 0 Å². The van der Waals surface area contributed by atoms with Crippen molar-refractivity contribution in [3.63, 3.8) is 0 Å². The SMILES string of the molecule is Cc1cc(Cl)cc(C)c1Oc1ncc(Br)cc1CCl. The van der Waals surface area contributed by atoms with Gasteiger partial charge in [0.25, 0.3) is 0 Å². The molecule has 0 saturated heterocycles. The number of aromatic nitrogens is 1. The summed E-state index contributed by atoms with van der Waals surface area (Å²) in [6.07, 6.45) is 1.69. The lowest BCUT2D eigenvalue weighted by Gasteiger charge is -2.13. The molecule has 0 atom stereocenters. The Kier molecular flexibility index (Phi) is 4.71. The molecule has 0 aliphatic heterocycles. The maximum atomic E-state index is 6.01. The number of alkyl halides is 1. The van der Waals surface area contributed by atoms with Crippen molar-refractivity contribution in [3.05, 3.63) is 50.6 Å². The van der Waals surface area contributed by atoms with Crippen molar-refractivity contribution in [1.82, 2.24) is 4.98 Å². The second kappa shape index (κ2) is 6.12. The highest BCUT2D eigenvalue weighted by molar-refractivity contribution is 9.10. The molecule has 0 fully saturated rings. The van der Waals surface area contributed by atoms with Gasteiger partial charge in [0.2, 0.25) is 5.88 Å². The summed E-state index contributed by atoms with van der Waals surface area (Å²) in [5.41, 5.74) is 2.77. The molecular formula is C14H12BrCl2NO. The van der Waals surface area contributed by atoms with Crippen molar-refractivity contribution < 1.29 is 4.74 Å². The Hall–Kier alpha value is -0.770. The topological polar surface area (TPSA) is 22.1 Å². The summed E-state index contributed by atoms with van der Waals surface area (Å²) in [5, 5.41) is 0.698. The first kappa shape index (κ1) is 14.6. The fraction of sp³-hybridized carbons (Fsp3) is 0.214. The van der Waals surface area contributed by atoms with Crippen LogP contribution < -0.4 is 4.74 Å². The van der Waals surface area contributed by atoms with Crippen LogP contribution in [0, 0.1) is 13.8 Å². The molecule has 0 aliphatic rings. The van der Waals surface area contributed by atoms with Crippen LogP contribution in [0.5, 0.6) is 11.6 Å². The van der Waals surface area contributed by atoms with Crippen LogP contribution in [0.2, 0.25) is 5.02 Å². The van der Waals surface area contributed by atoms with Crippen molar-refractivity contribution in [1.29, 1.82) is 0 Å². The number of hydrogen-bond acceptors (Lipinski definition) is 2. The van der Waals surface area contributed by atoms with Crippen LogP contribution >= 0.6 is 39.1 Å². The molecule has 2 aromatic rings. The Labute approximate surface area is 130 Å². The maximum Gasteiger partial charge on any atom is 0.223 e. The van der Waals surface area contributed by atoms with Crippen LogP contribution in [0.25, 0.3) is 0 Å². The van der Waals surface area contributed by atoms with E-state index in [1.807, 2.05) is 32.0 Å². The van der Waals surface area contributed by atoms with E-state index in [1.54, 1.807) is 6.20 Å². The van der Waals surface area contributed by atoms with E-state index < -0.39 is 0 Å². The third-order valence-corrected chi connectivity index (χ3v) is 3.60. The normalized spacial score (nSPS) is 10.6. The number of hydrogen-bond donors (Lipinski definition) is 0. The standard InChI is InChI=1S/C14H12BrCl2NO/c1-8-3-12(17)4-9(2)13(8)19-14-10(6-16)5-11(15)7-18-14/h3-5,7H,6H2,1-2H3. The van der Waals surface area contributed by atoms with Gasteiger partial charge in [-0.3, -0.25) is 0 Å². The van der Waals surface area contributed by atoms with Crippen molar-refractivity contribution in [2.24, 2.45) is 0 Å². The van der Waals surface area contributed by atoms with Crippen molar-refractivity contribution in [2.75, 3.05) is 0 Å². The Balaban J connectivity index is 2.42. The molecule has 2 rings (SSSR count). The molecule has 2 nitrogen and oxygen atoms in total. The van der Waals surface area contributed by atoms with E-state index in [0.717, 1.165) is 26.9 Å². The predicted molar refractivity (Wildman–Crippen MR) is 82.5 cm³/mol. The smallest absolute Gasteiger partial charge is 0.223 e. The van der Waals surface area contributed by atoms with E-state index in [2.05, 4.69) is 20.9 Å². The van der Waals surface area contributed by atoms with E-state index in [4.69, 9.17) is 27.9 Å². The highest BCUT2D eigenvalue weighted by Gasteiger charge is 2.11. The highest BCUT2D eigenvalue weighted by atomic mass is 79.9. The average molecular weight is 361 g/mol. The first-order valence-electron chi connectivity index (χ1n) is 5.66. The molecule has 0 bridgehead atoms. The van der Waals surface area contributed by atoms with Crippen LogP contribution in [0.1, 0.15) is 16.7 Å². The zero-order valence-electron chi connectivity index (χ0n) is 10.5. The summed E-state index contributed by atoms with van der Waals surface area (Å²) in [4.78, 5) is 4.26. The lowest BCUT2D eigenvalue weighted by atomic mass is 10.1. The Bertz CT molecular complexity index is 593. The molecular weight excluding hydrogens is 349 g/mol. The summed E-state index contributed by atoms with van der Waals surface area (Å²) in [6, 6.07) is 5.63. The Morgan fingerprint density at radius 3 is 2.42 bits per heavy atom. The zero-order valence-corrected chi connectivity index (χ0v) is 13.6. The van der Waals surface area contributed by atoms with Crippen molar-refractivity contribution in [3.8, 4) is 11.6 Å². The van der Waals surface area contributed by atoms with Gasteiger partial charge in [0.15, 0.2) is 0 Å². The average Bonchev–Trinajstić information content (AvgIpc) is 2.35. The minimum absolute atomic E-state index is 0.341. The van der Waals surface area contributed by atoms with Crippen LogP contribution in [0.15, 0.2) is 28.9 Å². The van der Waals surface area contributed by atoms with E-state index in [9.17, 15) is 0 Å². The van der Waals surface area contributed by atoms with Crippen LogP contribution in [0.4, 0.5) is 0 Å². The fourth-order valence-electron chi connectivity index (χ4n) is 1.81. The van der Waals surface area contributed by atoms with Gasteiger partial charge in [0, 0.05) is 21.3 Å². The third kappa shape index (κ3) is 3.41. The zero-order chi connectivity index (χ0) is 14.0. The van der Waals surface area contributed by atoms with Gasteiger partial charge in [-0.2, -0.15) is 0 Å². The highest BCUT2D eigenvalue weighted by Crippen LogP contribution is 2.33. The van der Waals surface area contributed by atoms with E-state index in [-0.39, 0.29) is 0 Å². The summed E-state index contributed by atoms with van der Waals surface area (Å²) in [5.74, 6) is 1.63. The molecule has 0 radical (unpaired) electrons. The van der Waals surface area contributed by atoms with Crippen LogP contribution in [-0.2, 0) is 5.88 Å². The van der Waals surface area contributed by atoms with Gasteiger partial charge in [-0.1, -0.05) is 11.6 Å². The van der Waals surface area contributed by atoms with E-state index >= 15 is 0 Å². The largest absolute Gasteiger partial charge is 0.438 e. The van der Waals surface area contributed by atoms with Gasteiger partial charge in [-0.25, -0.2) is 4.98 Å². The van der Waals surface area contributed by atoms with Crippen molar-refractivity contribution >= 4 is 39.1 Å². The van der Waals surface area contributed by atoms with Gasteiger partial charge >= 0.3 is 0 Å². The first-order chi connectivity index (χ1) is 9.01. The number of aryl methyl sites for hydroxylation is 2. The molecule has 0 spiro atoms. The van der Waals surface area contributed by atoms with E-state index in [0.29, 0.717) is 16.8 Å². The summed E-state index contributed by atoms with van der Waals surface area (Å²) in [7, 11) is 0. The molecule has 1 aromatic carbocycles.